The van der Waals surface area contributed by atoms with Crippen LogP contribution in [0, 0.1) is 6.92 Å². The number of carbonyl (C=O) groups is 2. The third-order valence-electron chi connectivity index (χ3n) is 2.71. The zero-order valence-corrected chi connectivity index (χ0v) is 13.7. The fourth-order valence-corrected chi connectivity index (χ4v) is 3.34. The molecule has 1 aromatic carbocycles. The molecule has 1 aromatic heterocycles. The maximum atomic E-state index is 12.0. The van der Waals surface area contributed by atoms with Gasteiger partial charge < -0.3 is 10.1 Å². The summed E-state index contributed by atoms with van der Waals surface area (Å²) in [6.45, 7) is 1.85. The number of aromatic nitrogens is 2. The van der Waals surface area contributed by atoms with E-state index in [1.165, 1.54) is 30.2 Å². The fourth-order valence-electron chi connectivity index (χ4n) is 1.71. The van der Waals surface area contributed by atoms with Gasteiger partial charge in [0, 0.05) is 0 Å². The van der Waals surface area contributed by atoms with Crippen molar-refractivity contribution in [3.63, 3.8) is 0 Å². The number of nitrogens with zero attached hydrogens (tertiary/aromatic N) is 2. The van der Waals surface area contributed by atoms with Crippen molar-refractivity contribution in [3.8, 4) is 0 Å². The topological polar surface area (TPSA) is 81.2 Å². The number of rotatable bonds is 6. The molecule has 0 aliphatic carbocycles. The van der Waals surface area contributed by atoms with E-state index in [-0.39, 0.29) is 11.7 Å². The molecule has 0 aliphatic rings. The summed E-state index contributed by atoms with van der Waals surface area (Å²) in [6, 6.07) is 8.17. The molecule has 0 aliphatic heterocycles. The number of methoxy groups -OCH3 is 1. The Hall–Kier alpha value is -1.93. The zero-order chi connectivity index (χ0) is 15.9. The number of aryl methyl sites for hydroxylation is 1. The highest BCUT2D eigenvalue weighted by Gasteiger charge is 2.23. The number of ether oxygens (including phenoxy) is 1. The average molecular weight is 337 g/mol. The summed E-state index contributed by atoms with van der Waals surface area (Å²) in [6.07, 6.45) is 0. The van der Waals surface area contributed by atoms with Gasteiger partial charge in [-0.1, -0.05) is 53.4 Å². The van der Waals surface area contributed by atoms with E-state index >= 15 is 0 Å². The number of nitrogens with one attached hydrogen (secondary N) is 1. The molecule has 0 saturated carbocycles. The molecule has 1 atom stereocenters. The van der Waals surface area contributed by atoms with Crippen molar-refractivity contribution in [2.24, 2.45) is 0 Å². The monoisotopic (exact) mass is 337 g/mol. The lowest BCUT2D eigenvalue weighted by Gasteiger charge is -2.16. The predicted molar refractivity (Wildman–Crippen MR) is 84.7 cm³/mol. The highest BCUT2D eigenvalue weighted by atomic mass is 32.2. The lowest BCUT2D eigenvalue weighted by atomic mass is 10.1. The summed E-state index contributed by atoms with van der Waals surface area (Å²) in [7, 11) is 1.29. The molecule has 2 rings (SSSR count). The van der Waals surface area contributed by atoms with Gasteiger partial charge in [0.25, 0.3) is 0 Å². The summed E-state index contributed by atoms with van der Waals surface area (Å²) in [5.74, 6) is -0.608. The lowest BCUT2D eigenvalue weighted by Crippen LogP contribution is -2.35. The Labute approximate surface area is 136 Å². The fraction of sp³-hybridized carbons (Fsp3) is 0.286. The molecule has 1 N–H and O–H groups in total. The van der Waals surface area contributed by atoms with E-state index in [0.717, 1.165) is 9.35 Å². The number of thioether (sulfide) groups is 1. The van der Waals surface area contributed by atoms with Crippen LogP contribution in [0.3, 0.4) is 0 Å². The van der Waals surface area contributed by atoms with Crippen molar-refractivity contribution >= 4 is 35.0 Å². The molecule has 2 aromatic rings. The smallest absolute Gasteiger partial charge is 0.333 e. The van der Waals surface area contributed by atoms with Crippen LogP contribution in [-0.2, 0) is 14.3 Å². The van der Waals surface area contributed by atoms with Crippen LogP contribution < -0.4 is 5.32 Å². The van der Waals surface area contributed by atoms with E-state index in [4.69, 9.17) is 4.74 Å². The summed E-state index contributed by atoms with van der Waals surface area (Å²) < 4.78 is 5.48. The third-order valence-corrected chi connectivity index (χ3v) is 4.68. The SMILES string of the molecule is COC(=O)C(NC(=O)CSc1nnc(C)s1)c1ccccc1. The molecule has 8 heteroatoms. The first-order valence-corrected chi connectivity index (χ1v) is 8.25. The van der Waals surface area contributed by atoms with Gasteiger partial charge in [0.2, 0.25) is 5.91 Å². The first-order chi connectivity index (χ1) is 10.6. The maximum absolute atomic E-state index is 12.0. The normalized spacial score (nSPS) is 11.7. The molecular weight excluding hydrogens is 322 g/mol. The standard InChI is InChI=1S/C14H15N3O3S2/c1-9-16-17-14(22-9)21-8-11(18)15-12(13(19)20-2)10-6-4-3-5-7-10/h3-7,12H,8H2,1-2H3,(H,15,18). The van der Waals surface area contributed by atoms with Crippen LogP contribution in [0.15, 0.2) is 34.7 Å². The van der Waals surface area contributed by atoms with Crippen LogP contribution in [-0.4, -0.2) is 34.9 Å². The van der Waals surface area contributed by atoms with Crippen molar-refractivity contribution in [3.05, 3.63) is 40.9 Å². The molecule has 116 valence electrons. The number of amides is 1. The van der Waals surface area contributed by atoms with Gasteiger partial charge in [0.05, 0.1) is 12.9 Å². The van der Waals surface area contributed by atoms with E-state index in [9.17, 15) is 9.59 Å². The molecule has 0 bridgehead atoms. The van der Waals surface area contributed by atoms with Gasteiger partial charge in [0.15, 0.2) is 10.4 Å². The Morgan fingerprint density at radius 1 is 1.32 bits per heavy atom. The second-order valence-corrected chi connectivity index (χ2v) is 6.71. The predicted octanol–water partition coefficient (Wildman–Crippen LogP) is 1.97. The number of hydrogen-bond acceptors (Lipinski definition) is 7. The second-order valence-electron chi connectivity index (χ2n) is 4.31. The van der Waals surface area contributed by atoms with Crippen LogP contribution in [0.25, 0.3) is 0 Å². The van der Waals surface area contributed by atoms with Crippen LogP contribution in [0.5, 0.6) is 0 Å². The van der Waals surface area contributed by atoms with Crippen LogP contribution >= 0.6 is 23.1 Å². The third kappa shape index (κ3) is 4.54. The Kier molecular flexibility index (Phi) is 5.91. The molecular formula is C14H15N3O3S2. The van der Waals surface area contributed by atoms with Crippen molar-refractivity contribution in [1.29, 1.82) is 0 Å². The van der Waals surface area contributed by atoms with E-state index in [0.29, 0.717) is 5.56 Å². The molecule has 1 unspecified atom stereocenters. The minimum Gasteiger partial charge on any atom is -0.467 e. The van der Waals surface area contributed by atoms with Crippen molar-refractivity contribution in [1.82, 2.24) is 15.5 Å². The van der Waals surface area contributed by atoms with Crippen molar-refractivity contribution in [2.45, 2.75) is 17.3 Å². The van der Waals surface area contributed by atoms with E-state index in [2.05, 4.69) is 15.5 Å². The van der Waals surface area contributed by atoms with Crippen LogP contribution in [0.4, 0.5) is 0 Å². The van der Waals surface area contributed by atoms with Crippen molar-refractivity contribution < 1.29 is 14.3 Å². The Balaban J connectivity index is 1.98. The van der Waals surface area contributed by atoms with E-state index in [1.807, 2.05) is 13.0 Å². The largest absolute Gasteiger partial charge is 0.467 e. The molecule has 0 fully saturated rings. The first kappa shape index (κ1) is 16.4. The molecule has 0 radical (unpaired) electrons. The summed E-state index contributed by atoms with van der Waals surface area (Å²) in [4.78, 5) is 23.9. The van der Waals surface area contributed by atoms with Gasteiger partial charge in [-0.2, -0.15) is 0 Å². The van der Waals surface area contributed by atoms with Crippen LogP contribution in [0.2, 0.25) is 0 Å². The lowest BCUT2D eigenvalue weighted by molar-refractivity contribution is -0.145. The average Bonchev–Trinajstić information content (AvgIpc) is 2.96. The summed E-state index contributed by atoms with van der Waals surface area (Å²) in [5.41, 5.74) is 0.680. The molecule has 0 spiro atoms. The van der Waals surface area contributed by atoms with Gasteiger partial charge in [-0.3, -0.25) is 4.79 Å². The van der Waals surface area contributed by atoms with Crippen LogP contribution in [0.1, 0.15) is 16.6 Å². The van der Waals surface area contributed by atoms with Gasteiger partial charge in [-0.25, -0.2) is 4.79 Å². The molecule has 1 amide bonds. The highest BCUT2D eigenvalue weighted by molar-refractivity contribution is 8.01. The highest BCUT2D eigenvalue weighted by Crippen LogP contribution is 2.22. The maximum Gasteiger partial charge on any atom is 0.333 e. The van der Waals surface area contributed by atoms with E-state index in [1.54, 1.807) is 24.3 Å². The number of hydrogen-bond donors (Lipinski definition) is 1. The molecule has 0 saturated heterocycles. The molecule has 6 nitrogen and oxygen atoms in total. The Morgan fingerprint density at radius 2 is 2.05 bits per heavy atom. The Bertz CT molecular complexity index is 646. The van der Waals surface area contributed by atoms with Crippen molar-refractivity contribution in [2.75, 3.05) is 12.9 Å². The number of esters is 1. The van der Waals surface area contributed by atoms with Gasteiger partial charge >= 0.3 is 5.97 Å². The molecule has 22 heavy (non-hydrogen) atoms. The minimum absolute atomic E-state index is 0.162. The van der Waals surface area contributed by atoms with Gasteiger partial charge in [-0.15, -0.1) is 10.2 Å². The number of carbonyl (C=O) groups excluding carboxylic acids is 2. The first-order valence-electron chi connectivity index (χ1n) is 6.45. The second kappa shape index (κ2) is 7.90. The zero-order valence-electron chi connectivity index (χ0n) is 12.1. The quantitative estimate of drug-likeness (QED) is 0.641. The van der Waals surface area contributed by atoms with Gasteiger partial charge in [-0.05, 0) is 12.5 Å². The minimum atomic E-state index is -0.810. The molecule has 1 heterocycles. The van der Waals surface area contributed by atoms with E-state index < -0.39 is 12.0 Å². The summed E-state index contributed by atoms with van der Waals surface area (Å²) in [5, 5.41) is 11.4. The Morgan fingerprint density at radius 3 is 2.64 bits per heavy atom. The van der Waals surface area contributed by atoms with Gasteiger partial charge in [0.1, 0.15) is 5.01 Å². The summed E-state index contributed by atoms with van der Waals surface area (Å²) >= 11 is 2.71. The number of benzene rings is 1.